The molecule has 2 rings (SSSR count). The fraction of sp³-hybridized carbons (Fsp3) is 0. The van der Waals surface area contributed by atoms with Crippen LogP contribution in [0.4, 0.5) is 28.9 Å². The summed E-state index contributed by atoms with van der Waals surface area (Å²) in [6, 6.07) is 3.67. The quantitative estimate of drug-likeness (QED) is 0.657. The van der Waals surface area contributed by atoms with Gasteiger partial charge in [-0.05, 0) is 24.3 Å². The van der Waals surface area contributed by atoms with Crippen molar-refractivity contribution in [3.05, 3.63) is 59.2 Å². The van der Waals surface area contributed by atoms with E-state index in [0.29, 0.717) is 18.2 Å². The molecular formula is C13H8F4N2O. The molecular weight excluding hydrogens is 276 g/mol. The lowest BCUT2D eigenvalue weighted by Crippen LogP contribution is -2.16. The fourth-order valence-corrected chi connectivity index (χ4v) is 1.56. The normalized spacial score (nSPS) is 10.4. The summed E-state index contributed by atoms with van der Waals surface area (Å²) in [5.74, 6) is -4.90. The van der Waals surface area contributed by atoms with Crippen molar-refractivity contribution in [3.8, 4) is 0 Å². The van der Waals surface area contributed by atoms with E-state index in [4.69, 9.17) is 5.73 Å². The second kappa shape index (κ2) is 5.20. The molecule has 20 heavy (non-hydrogen) atoms. The highest BCUT2D eigenvalue weighted by atomic mass is 19.1. The maximum Gasteiger partial charge on any atom is 0.258 e. The summed E-state index contributed by atoms with van der Waals surface area (Å²) in [4.78, 5) is 11.7. The minimum atomic E-state index is -1.14. The number of nitrogens with two attached hydrogens (primary N) is 1. The van der Waals surface area contributed by atoms with Gasteiger partial charge in [-0.1, -0.05) is 0 Å². The standard InChI is InChI=1S/C13H8F4N2O/c14-6-1-2-9(16)11(5-6)19-13(20)8-3-7(15)4-10(18)12(8)17/h1-5H,18H2,(H,19,20). The zero-order valence-electron chi connectivity index (χ0n) is 9.88. The van der Waals surface area contributed by atoms with Crippen LogP contribution in [-0.2, 0) is 0 Å². The Labute approximate surface area is 111 Å². The molecule has 0 aliphatic heterocycles. The summed E-state index contributed by atoms with van der Waals surface area (Å²) in [7, 11) is 0. The number of halogens is 4. The molecule has 0 aliphatic carbocycles. The highest BCUT2D eigenvalue weighted by molar-refractivity contribution is 6.05. The van der Waals surface area contributed by atoms with Crippen LogP contribution < -0.4 is 11.1 Å². The van der Waals surface area contributed by atoms with E-state index < -0.39 is 46.1 Å². The summed E-state index contributed by atoms with van der Waals surface area (Å²) in [5, 5.41) is 1.95. The molecule has 104 valence electrons. The van der Waals surface area contributed by atoms with E-state index in [9.17, 15) is 22.4 Å². The van der Waals surface area contributed by atoms with Crippen molar-refractivity contribution in [2.45, 2.75) is 0 Å². The molecule has 0 fully saturated rings. The van der Waals surface area contributed by atoms with Gasteiger partial charge in [-0.3, -0.25) is 4.79 Å². The zero-order chi connectivity index (χ0) is 14.9. The molecule has 3 nitrogen and oxygen atoms in total. The van der Waals surface area contributed by atoms with Crippen molar-refractivity contribution in [1.29, 1.82) is 0 Å². The van der Waals surface area contributed by atoms with Crippen LogP contribution in [-0.4, -0.2) is 5.91 Å². The molecule has 0 heterocycles. The average molecular weight is 284 g/mol. The molecule has 0 radical (unpaired) electrons. The third kappa shape index (κ3) is 2.71. The van der Waals surface area contributed by atoms with Crippen molar-refractivity contribution >= 4 is 17.3 Å². The van der Waals surface area contributed by atoms with Crippen LogP contribution in [0.15, 0.2) is 30.3 Å². The van der Waals surface area contributed by atoms with E-state index in [1.807, 2.05) is 5.32 Å². The zero-order valence-corrected chi connectivity index (χ0v) is 9.88. The molecule has 0 bridgehead atoms. The molecule has 1 amide bonds. The monoisotopic (exact) mass is 284 g/mol. The third-order valence-corrected chi connectivity index (χ3v) is 2.49. The summed E-state index contributed by atoms with van der Waals surface area (Å²) in [6.45, 7) is 0. The van der Waals surface area contributed by atoms with Gasteiger partial charge in [-0.15, -0.1) is 0 Å². The van der Waals surface area contributed by atoms with E-state index in [-0.39, 0.29) is 0 Å². The van der Waals surface area contributed by atoms with Gasteiger partial charge in [0.05, 0.1) is 16.9 Å². The maximum atomic E-state index is 13.6. The molecule has 0 spiro atoms. The average Bonchev–Trinajstić information content (AvgIpc) is 2.38. The Balaban J connectivity index is 2.35. The Bertz CT molecular complexity index is 688. The summed E-state index contributed by atoms with van der Waals surface area (Å²) in [5.41, 5.74) is 3.43. The Morgan fingerprint density at radius 1 is 1.00 bits per heavy atom. The number of hydrogen-bond acceptors (Lipinski definition) is 2. The van der Waals surface area contributed by atoms with Gasteiger partial charge in [-0.25, -0.2) is 17.6 Å². The number of nitrogen functional groups attached to an aromatic ring is 1. The highest BCUT2D eigenvalue weighted by Crippen LogP contribution is 2.20. The molecule has 0 aliphatic rings. The lowest BCUT2D eigenvalue weighted by Gasteiger charge is -2.08. The third-order valence-electron chi connectivity index (χ3n) is 2.49. The number of rotatable bonds is 2. The van der Waals surface area contributed by atoms with Crippen LogP contribution in [0.2, 0.25) is 0 Å². The lowest BCUT2D eigenvalue weighted by atomic mass is 10.1. The molecule has 7 heteroatoms. The number of hydrogen-bond donors (Lipinski definition) is 2. The number of benzene rings is 2. The van der Waals surface area contributed by atoms with Crippen molar-refractivity contribution in [2.24, 2.45) is 0 Å². The Kier molecular flexibility index (Phi) is 3.60. The van der Waals surface area contributed by atoms with Gasteiger partial charge >= 0.3 is 0 Å². The minimum Gasteiger partial charge on any atom is -0.396 e. The largest absolute Gasteiger partial charge is 0.396 e. The van der Waals surface area contributed by atoms with Crippen LogP contribution >= 0.6 is 0 Å². The maximum absolute atomic E-state index is 13.6. The summed E-state index contributed by atoms with van der Waals surface area (Å²) >= 11 is 0. The molecule has 2 aromatic rings. The van der Waals surface area contributed by atoms with E-state index in [2.05, 4.69) is 0 Å². The van der Waals surface area contributed by atoms with Gasteiger partial charge in [-0.2, -0.15) is 0 Å². The fourth-order valence-electron chi connectivity index (χ4n) is 1.56. The van der Waals surface area contributed by atoms with Gasteiger partial charge in [0.1, 0.15) is 17.5 Å². The van der Waals surface area contributed by atoms with E-state index in [1.54, 1.807) is 0 Å². The number of carbonyl (C=O) groups excluding carboxylic acids is 1. The van der Waals surface area contributed by atoms with Gasteiger partial charge in [0.15, 0.2) is 5.82 Å². The first-order valence-corrected chi connectivity index (χ1v) is 5.39. The second-order valence-corrected chi connectivity index (χ2v) is 3.93. The van der Waals surface area contributed by atoms with Crippen molar-refractivity contribution < 1.29 is 22.4 Å². The number of nitrogens with one attached hydrogen (secondary N) is 1. The van der Waals surface area contributed by atoms with Crippen LogP contribution in [0.1, 0.15) is 10.4 Å². The van der Waals surface area contributed by atoms with Gasteiger partial charge in [0.2, 0.25) is 0 Å². The van der Waals surface area contributed by atoms with E-state index in [0.717, 1.165) is 12.1 Å². The first kappa shape index (κ1) is 13.9. The van der Waals surface area contributed by atoms with Crippen LogP contribution in [0.25, 0.3) is 0 Å². The Morgan fingerprint density at radius 3 is 2.40 bits per heavy atom. The van der Waals surface area contributed by atoms with Gasteiger partial charge in [0, 0.05) is 6.07 Å². The first-order valence-electron chi connectivity index (χ1n) is 5.39. The highest BCUT2D eigenvalue weighted by Gasteiger charge is 2.17. The molecule has 3 N–H and O–H groups in total. The van der Waals surface area contributed by atoms with Crippen molar-refractivity contribution in [1.82, 2.24) is 0 Å². The van der Waals surface area contributed by atoms with Crippen molar-refractivity contribution in [2.75, 3.05) is 11.1 Å². The van der Waals surface area contributed by atoms with Crippen LogP contribution in [0.5, 0.6) is 0 Å². The Morgan fingerprint density at radius 2 is 1.70 bits per heavy atom. The molecule has 0 saturated carbocycles. The van der Waals surface area contributed by atoms with Crippen LogP contribution in [0.3, 0.4) is 0 Å². The topological polar surface area (TPSA) is 55.1 Å². The molecule has 0 unspecified atom stereocenters. The molecule has 0 atom stereocenters. The smallest absolute Gasteiger partial charge is 0.258 e. The van der Waals surface area contributed by atoms with E-state index >= 15 is 0 Å². The summed E-state index contributed by atoms with van der Waals surface area (Å²) < 4.78 is 53.0. The van der Waals surface area contributed by atoms with Crippen LogP contribution in [0, 0.1) is 23.3 Å². The van der Waals surface area contributed by atoms with Gasteiger partial charge in [0.25, 0.3) is 5.91 Å². The SMILES string of the molecule is Nc1cc(F)cc(C(=O)Nc2cc(F)ccc2F)c1F. The number of anilines is 2. The number of carbonyl (C=O) groups is 1. The summed E-state index contributed by atoms with van der Waals surface area (Å²) in [6.07, 6.45) is 0. The predicted molar refractivity (Wildman–Crippen MR) is 65.1 cm³/mol. The first-order chi connectivity index (χ1) is 9.38. The number of amides is 1. The van der Waals surface area contributed by atoms with E-state index in [1.165, 1.54) is 0 Å². The second-order valence-electron chi connectivity index (χ2n) is 3.93. The minimum absolute atomic E-state index is 0.489. The van der Waals surface area contributed by atoms with Crippen molar-refractivity contribution in [3.63, 3.8) is 0 Å². The Hall–Kier alpha value is -2.57. The molecule has 2 aromatic carbocycles. The molecule has 0 saturated heterocycles. The molecule has 0 aromatic heterocycles. The lowest BCUT2D eigenvalue weighted by molar-refractivity contribution is 0.102. The predicted octanol–water partition coefficient (Wildman–Crippen LogP) is 3.08. The van der Waals surface area contributed by atoms with Gasteiger partial charge < -0.3 is 11.1 Å².